The minimum atomic E-state index is -0.500. The number of carbonyl (C=O) groups excluding carboxylic acids is 1. The molecule has 4 aromatic rings. The van der Waals surface area contributed by atoms with Crippen LogP contribution in [-0.4, -0.2) is 23.8 Å². The molecule has 5 rings (SSSR count). The second kappa shape index (κ2) is 9.40. The number of hydrogen-bond acceptors (Lipinski definition) is 2. The second-order valence-corrected chi connectivity index (χ2v) is 8.48. The first-order valence-corrected chi connectivity index (χ1v) is 11.5. The molecule has 0 unspecified atom stereocenters. The summed E-state index contributed by atoms with van der Waals surface area (Å²) in [6.07, 6.45) is 2.56. The van der Waals surface area contributed by atoms with Crippen LogP contribution >= 0.6 is 0 Å². The summed E-state index contributed by atoms with van der Waals surface area (Å²) in [4.78, 5) is 15.5. The van der Waals surface area contributed by atoms with Gasteiger partial charge in [-0.25, -0.2) is 0 Å². The van der Waals surface area contributed by atoms with Gasteiger partial charge in [0.1, 0.15) is 0 Å². The van der Waals surface area contributed by atoms with Gasteiger partial charge in [-0.1, -0.05) is 121 Å². The van der Waals surface area contributed by atoms with E-state index in [2.05, 4.69) is 114 Å². The van der Waals surface area contributed by atoms with E-state index in [1.807, 2.05) is 18.2 Å². The lowest BCUT2D eigenvalue weighted by Gasteiger charge is -2.47. The Morgan fingerprint density at radius 1 is 0.606 bits per heavy atom. The molecular weight excluding hydrogens is 402 g/mol. The summed E-state index contributed by atoms with van der Waals surface area (Å²) in [5.74, 6) is 0.234. The first-order valence-electron chi connectivity index (χ1n) is 11.5. The van der Waals surface area contributed by atoms with Gasteiger partial charge in [0.15, 0.2) is 5.78 Å². The van der Waals surface area contributed by atoms with Crippen molar-refractivity contribution in [1.82, 2.24) is 4.90 Å². The van der Waals surface area contributed by atoms with E-state index < -0.39 is 5.54 Å². The first-order chi connectivity index (χ1) is 16.3. The Bertz CT molecular complexity index is 1130. The van der Waals surface area contributed by atoms with E-state index in [4.69, 9.17) is 0 Å². The normalized spacial score (nSPS) is 16.1. The number of piperidine rings is 1. The number of Topliss-reactive ketones (excluding diaryl/α,β-unsaturated/α-hetero) is 1. The van der Waals surface area contributed by atoms with E-state index in [9.17, 15) is 4.79 Å². The molecule has 0 bridgehead atoms. The Hall–Kier alpha value is -3.75. The smallest absolute Gasteiger partial charge is 0.161 e. The third kappa shape index (κ3) is 4.06. The number of carbonyl (C=O) groups is 1. The van der Waals surface area contributed by atoms with Gasteiger partial charge in [-0.15, -0.1) is 0 Å². The summed E-state index contributed by atoms with van der Waals surface area (Å²) in [5, 5.41) is 0. The lowest BCUT2D eigenvalue weighted by molar-refractivity contribution is -0.117. The van der Waals surface area contributed by atoms with Crippen molar-refractivity contribution in [1.29, 1.82) is 0 Å². The van der Waals surface area contributed by atoms with E-state index in [1.54, 1.807) is 0 Å². The summed E-state index contributed by atoms with van der Waals surface area (Å²) in [7, 11) is 0. The van der Waals surface area contributed by atoms with Crippen molar-refractivity contribution in [3.8, 4) is 0 Å². The highest BCUT2D eigenvalue weighted by atomic mass is 16.1. The highest BCUT2D eigenvalue weighted by molar-refractivity contribution is 6.00. The maximum Gasteiger partial charge on any atom is 0.161 e. The van der Waals surface area contributed by atoms with Gasteiger partial charge < -0.3 is 0 Å². The van der Waals surface area contributed by atoms with Crippen molar-refractivity contribution in [3.05, 3.63) is 149 Å². The first kappa shape index (κ1) is 21.1. The molecule has 0 radical (unpaired) electrons. The van der Waals surface area contributed by atoms with Crippen LogP contribution < -0.4 is 0 Å². The van der Waals surface area contributed by atoms with Crippen LogP contribution in [0.15, 0.2) is 127 Å². The number of benzene rings is 4. The Labute approximate surface area is 195 Å². The summed E-state index contributed by atoms with van der Waals surface area (Å²) in [6, 6.07) is 42.2. The molecule has 0 N–H and O–H groups in total. The SMILES string of the molecule is O=C1CCN(C(c2ccccc2)(c2ccccc2)c2ccccc2)C/C1=C\c1ccccc1. The number of nitrogens with zero attached hydrogens (tertiary/aromatic N) is 1. The topological polar surface area (TPSA) is 20.3 Å². The van der Waals surface area contributed by atoms with Crippen LogP contribution in [-0.2, 0) is 10.3 Å². The molecule has 2 heteroatoms. The molecule has 0 amide bonds. The van der Waals surface area contributed by atoms with E-state index in [0.717, 1.165) is 11.1 Å². The summed E-state index contributed by atoms with van der Waals surface area (Å²) >= 11 is 0. The van der Waals surface area contributed by atoms with Gasteiger partial charge in [0.2, 0.25) is 0 Å². The Kier molecular flexibility index (Phi) is 6.01. The fraction of sp³-hybridized carbons (Fsp3) is 0.129. The standard InChI is InChI=1S/C31H27NO/c33-30-21-22-32(24-26(30)23-25-13-5-1-6-14-25)31(27-15-7-2-8-16-27,28-17-9-3-10-18-28)29-19-11-4-12-20-29/h1-20,23H,21-22,24H2/b26-23+. The molecule has 2 nitrogen and oxygen atoms in total. The molecule has 1 saturated heterocycles. The minimum Gasteiger partial charge on any atom is -0.294 e. The molecule has 1 fully saturated rings. The van der Waals surface area contributed by atoms with E-state index in [-0.39, 0.29) is 5.78 Å². The van der Waals surface area contributed by atoms with E-state index in [1.165, 1.54) is 16.7 Å². The zero-order valence-corrected chi connectivity index (χ0v) is 18.6. The lowest BCUT2D eigenvalue weighted by atomic mass is 9.74. The fourth-order valence-corrected chi connectivity index (χ4v) is 5.02. The zero-order valence-electron chi connectivity index (χ0n) is 18.6. The van der Waals surface area contributed by atoms with Gasteiger partial charge in [0.05, 0.1) is 5.54 Å². The second-order valence-electron chi connectivity index (χ2n) is 8.48. The molecular formula is C31H27NO. The third-order valence-electron chi connectivity index (χ3n) is 6.52. The molecule has 1 heterocycles. The zero-order chi connectivity index (χ0) is 22.5. The molecule has 0 aliphatic carbocycles. The number of hydrogen-bond donors (Lipinski definition) is 0. The molecule has 162 valence electrons. The maximum atomic E-state index is 13.0. The quantitative estimate of drug-likeness (QED) is 0.273. The average molecular weight is 430 g/mol. The Morgan fingerprint density at radius 3 is 1.48 bits per heavy atom. The number of likely N-dealkylation sites (tertiary alicyclic amines) is 1. The highest BCUT2D eigenvalue weighted by Gasteiger charge is 2.44. The third-order valence-corrected chi connectivity index (χ3v) is 6.52. The monoisotopic (exact) mass is 429 g/mol. The molecule has 0 saturated carbocycles. The number of rotatable bonds is 5. The van der Waals surface area contributed by atoms with Crippen molar-refractivity contribution < 1.29 is 4.79 Å². The highest BCUT2D eigenvalue weighted by Crippen LogP contribution is 2.43. The molecule has 1 aliphatic rings. The predicted molar refractivity (Wildman–Crippen MR) is 135 cm³/mol. The molecule has 0 spiro atoms. The van der Waals surface area contributed by atoms with Crippen LogP contribution in [0.5, 0.6) is 0 Å². The Balaban J connectivity index is 1.71. The molecule has 1 aliphatic heterocycles. The Morgan fingerprint density at radius 2 is 1.03 bits per heavy atom. The molecule has 33 heavy (non-hydrogen) atoms. The predicted octanol–water partition coefficient (Wildman–Crippen LogP) is 6.34. The van der Waals surface area contributed by atoms with Crippen LogP contribution in [0, 0.1) is 0 Å². The number of ketones is 1. The fourth-order valence-electron chi connectivity index (χ4n) is 5.02. The maximum absolute atomic E-state index is 13.0. The van der Waals surface area contributed by atoms with Gasteiger partial charge in [-0.3, -0.25) is 9.69 Å². The minimum absolute atomic E-state index is 0.234. The van der Waals surface area contributed by atoms with Crippen LogP contribution in [0.2, 0.25) is 0 Å². The molecule has 4 aromatic carbocycles. The molecule has 0 atom stereocenters. The van der Waals surface area contributed by atoms with Gasteiger partial charge in [-0.05, 0) is 28.3 Å². The van der Waals surface area contributed by atoms with Crippen molar-refractivity contribution in [3.63, 3.8) is 0 Å². The van der Waals surface area contributed by atoms with Crippen molar-refractivity contribution in [2.24, 2.45) is 0 Å². The summed E-state index contributed by atoms with van der Waals surface area (Å²) < 4.78 is 0. The van der Waals surface area contributed by atoms with Crippen molar-refractivity contribution >= 4 is 11.9 Å². The van der Waals surface area contributed by atoms with Gasteiger partial charge >= 0.3 is 0 Å². The van der Waals surface area contributed by atoms with Gasteiger partial charge in [0.25, 0.3) is 0 Å². The van der Waals surface area contributed by atoms with Crippen molar-refractivity contribution in [2.75, 3.05) is 13.1 Å². The molecule has 0 aromatic heterocycles. The van der Waals surface area contributed by atoms with Gasteiger partial charge in [0, 0.05) is 25.1 Å². The van der Waals surface area contributed by atoms with Crippen LogP contribution in [0.4, 0.5) is 0 Å². The van der Waals surface area contributed by atoms with Crippen molar-refractivity contribution in [2.45, 2.75) is 12.0 Å². The summed E-state index contributed by atoms with van der Waals surface area (Å²) in [5.41, 5.74) is 5.04. The van der Waals surface area contributed by atoms with Crippen LogP contribution in [0.1, 0.15) is 28.7 Å². The van der Waals surface area contributed by atoms with E-state index in [0.29, 0.717) is 19.5 Å². The summed E-state index contributed by atoms with van der Waals surface area (Å²) in [6.45, 7) is 1.29. The van der Waals surface area contributed by atoms with Crippen LogP contribution in [0.3, 0.4) is 0 Å². The van der Waals surface area contributed by atoms with Gasteiger partial charge in [-0.2, -0.15) is 0 Å². The largest absolute Gasteiger partial charge is 0.294 e. The average Bonchev–Trinajstić information content (AvgIpc) is 2.89. The lowest BCUT2D eigenvalue weighted by Crippen LogP contribution is -2.52. The van der Waals surface area contributed by atoms with E-state index >= 15 is 0 Å². The van der Waals surface area contributed by atoms with Crippen LogP contribution in [0.25, 0.3) is 6.08 Å².